The van der Waals surface area contributed by atoms with Crippen LogP contribution in [0.3, 0.4) is 0 Å². The Balaban J connectivity index is 1.82. The molecule has 0 aliphatic carbocycles. The maximum absolute atomic E-state index is 14.9. The van der Waals surface area contributed by atoms with Crippen molar-refractivity contribution in [1.29, 1.82) is 0 Å². The SMILES string of the molecule is C=CCOC(=O)[C@H]1[C@H]2C(=O)N([C@@H](CO)[C@@H](C)CC)C(C(=O)N(CC=C)c3ccc(N(CC)CC)cc3)C23CC[C@]1(C)S3. The number of nitrogens with zero attached hydrogens (tertiary/aromatic N) is 3. The van der Waals surface area contributed by atoms with Crippen molar-refractivity contribution in [3.05, 3.63) is 49.6 Å². The normalized spacial score (nSPS) is 29.1. The van der Waals surface area contributed by atoms with Crippen LogP contribution >= 0.6 is 11.8 Å². The van der Waals surface area contributed by atoms with Gasteiger partial charge in [0.05, 0.1) is 29.2 Å². The van der Waals surface area contributed by atoms with Gasteiger partial charge in [-0.25, -0.2) is 0 Å². The summed E-state index contributed by atoms with van der Waals surface area (Å²) in [6.45, 7) is 19.7. The van der Waals surface area contributed by atoms with Crippen LogP contribution in [-0.4, -0.2) is 82.2 Å². The number of carbonyl (C=O) groups is 3. The number of benzene rings is 1. The van der Waals surface area contributed by atoms with Gasteiger partial charge in [0.1, 0.15) is 12.6 Å². The number of amides is 2. The van der Waals surface area contributed by atoms with Gasteiger partial charge in [-0.3, -0.25) is 14.4 Å². The molecule has 3 aliphatic rings. The highest BCUT2D eigenvalue weighted by Gasteiger charge is 2.78. The molecule has 2 bridgehead atoms. The first-order chi connectivity index (χ1) is 20.1. The summed E-state index contributed by atoms with van der Waals surface area (Å²) in [6, 6.07) is 6.53. The first-order valence-corrected chi connectivity index (χ1v) is 16.1. The number of esters is 1. The topological polar surface area (TPSA) is 90.4 Å². The van der Waals surface area contributed by atoms with Crippen LogP contribution in [-0.2, 0) is 19.1 Å². The summed E-state index contributed by atoms with van der Waals surface area (Å²) in [5.41, 5.74) is 1.79. The van der Waals surface area contributed by atoms with Crippen molar-refractivity contribution in [2.24, 2.45) is 17.8 Å². The molecular weight excluding hydrogens is 550 g/mol. The Hall–Kier alpha value is -2.78. The summed E-state index contributed by atoms with van der Waals surface area (Å²) < 4.78 is 4.21. The van der Waals surface area contributed by atoms with E-state index in [0.717, 1.165) is 30.9 Å². The van der Waals surface area contributed by atoms with E-state index in [1.807, 2.05) is 45.0 Å². The lowest BCUT2D eigenvalue weighted by molar-refractivity contribution is -0.155. The lowest BCUT2D eigenvalue weighted by Gasteiger charge is -2.41. The summed E-state index contributed by atoms with van der Waals surface area (Å²) in [6.07, 6.45) is 5.27. The number of rotatable bonds is 14. The van der Waals surface area contributed by atoms with E-state index in [1.54, 1.807) is 27.6 Å². The van der Waals surface area contributed by atoms with Crippen LogP contribution in [0.15, 0.2) is 49.6 Å². The zero-order valence-electron chi connectivity index (χ0n) is 25.8. The van der Waals surface area contributed by atoms with Crippen LogP contribution < -0.4 is 9.80 Å². The van der Waals surface area contributed by atoms with Crippen LogP contribution in [0.1, 0.15) is 53.9 Å². The molecule has 8 nitrogen and oxygen atoms in total. The van der Waals surface area contributed by atoms with Crippen LogP contribution in [0, 0.1) is 17.8 Å². The number of aliphatic hydroxyl groups excluding tert-OH is 1. The van der Waals surface area contributed by atoms with Gasteiger partial charge in [-0.05, 0) is 63.8 Å². The number of hydrogen-bond donors (Lipinski definition) is 1. The monoisotopic (exact) mass is 597 g/mol. The minimum atomic E-state index is -0.840. The Labute approximate surface area is 255 Å². The maximum atomic E-state index is 14.9. The molecule has 4 rings (SSSR count). The van der Waals surface area contributed by atoms with Gasteiger partial charge in [-0.2, -0.15) is 0 Å². The van der Waals surface area contributed by atoms with Crippen LogP contribution in [0.5, 0.6) is 0 Å². The highest BCUT2D eigenvalue weighted by Crippen LogP contribution is 2.72. The number of hydrogen-bond acceptors (Lipinski definition) is 7. The maximum Gasteiger partial charge on any atom is 0.311 e. The molecule has 3 saturated heterocycles. The van der Waals surface area contributed by atoms with E-state index < -0.39 is 39.4 Å². The smallest absolute Gasteiger partial charge is 0.311 e. The van der Waals surface area contributed by atoms with Gasteiger partial charge in [0.15, 0.2) is 0 Å². The molecule has 3 aliphatic heterocycles. The molecule has 3 heterocycles. The second kappa shape index (κ2) is 12.8. The molecule has 0 radical (unpaired) electrons. The molecule has 2 unspecified atom stereocenters. The van der Waals surface area contributed by atoms with Gasteiger partial charge in [0, 0.05) is 35.8 Å². The third-order valence-electron chi connectivity index (χ3n) is 9.76. The molecule has 1 aromatic rings. The number of aliphatic hydroxyl groups is 1. The molecule has 1 aromatic carbocycles. The third kappa shape index (κ3) is 5.17. The van der Waals surface area contributed by atoms with Gasteiger partial charge < -0.3 is 24.5 Å². The summed E-state index contributed by atoms with van der Waals surface area (Å²) in [7, 11) is 0. The van der Waals surface area contributed by atoms with Crippen molar-refractivity contribution in [2.75, 3.05) is 42.6 Å². The van der Waals surface area contributed by atoms with Crippen molar-refractivity contribution in [1.82, 2.24) is 4.90 Å². The number of fused-ring (bicyclic) bond motifs is 1. The number of likely N-dealkylation sites (tertiary alicyclic amines) is 1. The van der Waals surface area contributed by atoms with Gasteiger partial charge in [0.25, 0.3) is 5.91 Å². The quantitative estimate of drug-likeness (QED) is 0.246. The summed E-state index contributed by atoms with van der Waals surface area (Å²) >= 11 is 1.61. The number of thioether (sulfide) groups is 1. The van der Waals surface area contributed by atoms with Crippen molar-refractivity contribution >= 4 is 40.9 Å². The summed E-state index contributed by atoms with van der Waals surface area (Å²) in [5.74, 6) is -2.30. The molecular formula is C33H47N3O5S. The van der Waals surface area contributed by atoms with Gasteiger partial charge >= 0.3 is 5.97 Å². The second-order valence-corrected chi connectivity index (χ2v) is 13.9. The average molecular weight is 598 g/mol. The van der Waals surface area contributed by atoms with Crippen LogP contribution in [0.25, 0.3) is 0 Å². The van der Waals surface area contributed by atoms with Gasteiger partial charge in [-0.15, -0.1) is 18.3 Å². The van der Waals surface area contributed by atoms with Gasteiger partial charge in [-0.1, -0.05) is 39.0 Å². The van der Waals surface area contributed by atoms with Crippen molar-refractivity contribution in [3.8, 4) is 0 Å². The fraction of sp³-hybridized carbons (Fsp3) is 0.606. The zero-order chi connectivity index (χ0) is 30.8. The summed E-state index contributed by atoms with van der Waals surface area (Å²) in [4.78, 5) is 48.5. The van der Waals surface area contributed by atoms with Crippen LogP contribution in [0.2, 0.25) is 0 Å². The van der Waals surface area contributed by atoms with E-state index >= 15 is 0 Å². The predicted octanol–water partition coefficient (Wildman–Crippen LogP) is 4.67. The summed E-state index contributed by atoms with van der Waals surface area (Å²) in [5, 5.41) is 10.6. The molecule has 9 heteroatoms. The Morgan fingerprint density at radius 1 is 1.14 bits per heavy atom. The highest BCUT2D eigenvalue weighted by atomic mass is 32.2. The molecule has 42 heavy (non-hydrogen) atoms. The minimum Gasteiger partial charge on any atom is -0.461 e. The van der Waals surface area contributed by atoms with E-state index in [0.29, 0.717) is 12.8 Å². The lowest BCUT2D eigenvalue weighted by atomic mass is 9.66. The first-order valence-electron chi connectivity index (χ1n) is 15.3. The molecule has 0 saturated carbocycles. The van der Waals surface area contributed by atoms with Crippen molar-refractivity contribution < 1.29 is 24.2 Å². The molecule has 1 N–H and O–H groups in total. The lowest BCUT2D eigenvalue weighted by Crippen LogP contribution is -2.58. The zero-order valence-corrected chi connectivity index (χ0v) is 26.6. The van der Waals surface area contributed by atoms with E-state index in [1.165, 1.54) is 6.08 Å². The fourth-order valence-corrected chi connectivity index (χ4v) is 9.76. The largest absolute Gasteiger partial charge is 0.461 e. The van der Waals surface area contributed by atoms with Gasteiger partial charge in [0.2, 0.25) is 5.91 Å². The number of ether oxygens (including phenoxy) is 1. The standard InChI is InChI=1S/C33H47N3O5S/c1-8-19-35(24-15-13-23(14-16-24)34(11-4)12-5)30(39)28-33-18-17-32(7,42-33)27(31(40)41-20-9-2)26(33)29(38)36(28)25(21-37)22(6)10-3/h8-9,13-16,22,25-28,37H,1-2,10-12,17-21H2,3-7H3/t22-,25-,26-,27+,28?,32-,33?/m0/s1. The molecule has 0 aromatic heterocycles. The average Bonchev–Trinajstić information content (AvgIpc) is 3.56. The van der Waals surface area contributed by atoms with Crippen LogP contribution in [0.4, 0.5) is 11.4 Å². The molecule has 2 amide bonds. The highest BCUT2D eigenvalue weighted by molar-refractivity contribution is 8.02. The molecule has 7 atom stereocenters. The first kappa shape index (κ1) is 32.1. The third-order valence-corrected chi connectivity index (χ3v) is 11.7. The Kier molecular flexibility index (Phi) is 9.82. The predicted molar refractivity (Wildman–Crippen MR) is 170 cm³/mol. The Bertz CT molecular complexity index is 1190. The van der Waals surface area contributed by atoms with E-state index in [2.05, 4.69) is 31.9 Å². The van der Waals surface area contributed by atoms with Crippen molar-refractivity contribution in [3.63, 3.8) is 0 Å². The van der Waals surface area contributed by atoms with Crippen molar-refractivity contribution in [2.45, 2.75) is 75.5 Å². The number of carbonyl (C=O) groups excluding carboxylic acids is 3. The molecule has 3 fully saturated rings. The van der Waals surface area contributed by atoms with E-state index in [9.17, 15) is 19.5 Å². The Morgan fingerprint density at radius 3 is 2.33 bits per heavy atom. The minimum absolute atomic E-state index is 0.0466. The van der Waals surface area contributed by atoms with E-state index in [-0.39, 0.29) is 37.5 Å². The fourth-order valence-electron chi connectivity index (χ4n) is 7.43. The van der Waals surface area contributed by atoms with E-state index in [4.69, 9.17) is 4.74 Å². The number of anilines is 2. The molecule has 230 valence electrons. The Morgan fingerprint density at radius 2 is 1.79 bits per heavy atom. The molecule has 1 spiro atoms. The second-order valence-electron chi connectivity index (χ2n) is 12.0.